The van der Waals surface area contributed by atoms with Gasteiger partial charge in [-0.2, -0.15) is 0 Å². The molecule has 1 atom stereocenters. The molecular formula is C16H20N2OS. The third-order valence-electron chi connectivity index (χ3n) is 3.70. The fourth-order valence-corrected chi connectivity index (χ4v) is 3.72. The van der Waals surface area contributed by atoms with Crippen LogP contribution in [0.3, 0.4) is 0 Å². The van der Waals surface area contributed by atoms with Gasteiger partial charge in [0.2, 0.25) is 0 Å². The van der Waals surface area contributed by atoms with Crippen molar-refractivity contribution in [2.45, 2.75) is 39.3 Å². The zero-order chi connectivity index (χ0) is 14.5. The lowest BCUT2D eigenvalue weighted by Crippen LogP contribution is -2.27. The minimum atomic E-state index is -0.351. The minimum absolute atomic E-state index is 0.0198. The highest BCUT2D eigenvalue weighted by Gasteiger charge is 2.36. The zero-order valence-electron chi connectivity index (χ0n) is 12.3. The second-order valence-corrected chi connectivity index (χ2v) is 7.14. The predicted molar refractivity (Wildman–Crippen MR) is 83.0 cm³/mol. The molecule has 0 saturated heterocycles. The quantitative estimate of drug-likeness (QED) is 0.905. The van der Waals surface area contributed by atoms with Crippen LogP contribution in [-0.4, -0.2) is 4.98 Å². The van der Waals surface area contributed by atoms with Gasteiger partial charge in [-0.05, 0) is 31.9 Å². The number of benzene rings is 1. The summed E-state index contributed by atoms with van der Waals surface area (Å²) in [5, 5.41) is 0.998. The number of nitrogens with zero attached hydrogens (tertiary/aromatic N) is 1. The highest BCUT2D eigenvalue weighted by Crippen LogP contribution is 2.48. The van der Waals surface area contributed by atoms with Crippen LogP contribution in [0.2, 0.25) is 0 Å². The summed E-state index contributed by atoms with van der Waals surface area (Å²) in [5.41, 5.74) is 8.02. The Kier molecular flexibility index (Phi) is 3.10. The maximum Gasteiger partial charge on any atom is 0.140 e. The van der Waals surface area contributed by atoms with Crippen molar-refractivity contribution in [2.24, 2.45) is 11.7 Å². The molecule has 1 aromatic carbocycles. The van der Waals surface area contributed by atoms with E-state index in [2.05, 4.69) is 33.8 Å². The number of para-hydroxylation sites is 1. The number of aromatic nitrogens is 1. The first-order valence-corrected chi connectivity index (χ1v) is 7.77. The average Bonchev–Trinajstić information content (AvgIpc) is 2.83. The van der Waals surface area contributed by atoms with Gasteiger partial charge < -0.3 is 10.5 Å². The average molecular weight is 288 g/mol. The maximum atomic E-state index is 6.27. The van der Waals surface area contributed by atoms with Crippen LogP contribution in [0, 0.1) is 5.92 Å². The van der Waals surface area contributed by atoms with E-state index in [0.29, 0.717) is 5.92 Å². The highest BCUT2D eigenvalue weighted by atomic mass is 32.1. The molecule has 20 heavy (non-hydrogen) atoms. The zero-order valence-corrected chi connectivity index (χ0v) is 13.1. The molecule has 0 radical (unpaired) electrons. The highest BCUT2D eigenvalue weighted by molar-refractivity contribution is 7.12. The van der Waals surface area contributed by atoms with Gasteiger partial charge >= 0.3 is 0 Å². The van der Waals surface area contributed by atoms with E-state index in [0.717, 1.165) is 22.0 Å². The molecule has 0 spiro atoms. The summed E-state index contributed by atoms with van der Waals surface area (Å²) in [4.78, 5) is 5.99. The molecular weight excluding hydrogens is 268 g/mol. The Morgan fingerprint density at radius 3 is 2.65 bits per heavy atom. The second-order valence-electron chi connectivity index (χ2n) is 6.11. The van der Waals surface area contributed by atoms with Gasteiger partial charge in [0.1, 0.15) is 16.4 Å². The third kappa shape index (κ3) is 2.03. The summed E-state index contributed by atoms with van der Waals surface area (Å²) in [5.74, 6) is 1.28. The second kappa shape index (κ2) is 4.57. The van der Waals surface area contributed by atoms with E-state index in [1.807, 2.05) is 18.2 Å². The molecule has 0 amide bonds. The smallest absolute Gasteiger partial charge is 0.140 e. The Balaban J connectivity index is 2.17. The van der Waals surface area contributed by atoms with Crippen molar-refractivity contribution in [3.8, 4) is 17.0 Å². The Hall–Kier alpha value is -1.39. The Morgan fingerprint density at radius 1 is 1.25 bits per heavy atom. The topological polar surface area (TPSA) is 48.1 Å². The molecule has 1 unspecified atom stereocenters. The van der Waals surface area contributed by atoms with Crippen molar-refractivity contribution in [3.05, 3.63) is 34.2 Å². The Morgan fingerprint density at radius 2 is 1.95 bits per heavy atom. The predicted octanol–water partition coefficient (Wildman–Crippen LogP) is 4.09. The number of fused-ring (bicyclic) bond motifs is 3. The number of hydrogen-bond acceptors (Lipinski definition) is 4. The van der Waals surface area contributed by atoms with Gasteiger partial charge in [-0.15, -0.1) is 11.3 Å². The summed E-state index contributed by atoms with van der Waals surface area (Å²) < 4.78 is 6.13. The van der Waals surface area contributed by atoms with Crippen LogP contribution in [0.4, 0.5) is 0 Å². The van der Waals surface area contributed by atoms with Crippen molar-refractivity contribution >= 4 is 11.3 Å². The van der Waals surface area contributed by atoms with Crippen molar-refractivity contribution in [1.29, 1.82) is 0 Å². The number of rotatable bonds is 2. The summed E-state index contributed by atoms with van der Waals surface area (Å²) in [6.45, 7) is 8.43. The van der Waals surface area contributed by atoms with Gasteiger partial charge in [-0.1, -0.05) is 26.0 Å². The van der Waals surface area contributed by atoms with Gasteiger partial charge in [0.15, 0.2) is 0 Å². The van der Waals surface area contributed by atoms with Crippen molar-refractivity contribution in [3.63, 3.8) is 0 Å². The summed E-state index contributed by atoms with van der Waals surface area (Å²) in [7, 11) is 0. The molecule has 2 N–H and O–H groups in total. The molecule has 0 fully saturated rings. The van der Waals surface area contributed by atoms with Gasteiger partial charge in [-0.3, -0.25) is 0 Å². The van der Waals surface area contributed by atoms with Crippen LogP contribution in [0.15, 0.2) is 24.3 Å². The molecule has 3 nitrogen and oxygen atoms in total. The van der Waals surface area contributed by atoms with Crippen LogP contribution in [0.5, 0.6) is 5.75 Å². The monoisotopic (exact) mass is 288 g/mol. The minimum Gasteiger partial charge on any atom is -0.482 e. The van der Waals surface area contributed by atoms with E-state index in [-0.39, 0.29) is 11.6 Å². The van der Waals surface area contributed by atoms with Gasteiger partial charge in [0.05, 0.1) is 16.6 Å². The molecule has 2 aromatic rings. The number of nitrogens with two attached hydrogens (primary N) is 1. The first-order chi connectivity index (χ1) is 9.40. The first-order valence-electron chi connectivity index (χ1n) is 6.95. The fraction of sp³-hybridized carbons (Fsp3) is 0.438. The Bertz CT molecular complexity index is 646. The van der Waals surface area contributed by atoms with E-state index in [1.54, 1.807) is 11.3 Å². The largest absolute Gasteiger partial charge is 0.482 e. The van der Waals surface area contributed by atoms with Crippen LogP contribution in [0.25, 0.3) is 11.3 Å². The molecule has 1 aromatic heterocycles. The van der Waals surface area contributed by atoms with E-state index in [4.69, 9.17) is 15.5 Å². The van der Waals surface area contributed by atoms with E-state index < -0.39 is 0 Å². The normalized spacial score (nSPS) is 17.3. The molecule has 3 rings (SSSR count). The summed E-state index contributed by atoms with van der Waals surface area (Å²) in [6, 6.07) is 8.06. The molecule has 1 aliphatic heterocycles. The molecule has 4 heteroatoms. The van der Waals surface area contributed by atoms with Gasteiger partial charge in [-0.25, -0.2) is 4.98 Å². The summed E-state index contributed by atoms with van der Waals surface area (Å²) in [6.07, 6.45) is 0. The molecule has 0 bridgehead atoms. The van der Waals surface area contributed by atoms with E-state index >= 15 is 0 Å². The van der Waals surface area contributed by atoms with Crippen LogP contribution >= 0.6 is 11.3 Å². The number of ether oxygens (including phenoxy) is 1. The molecule has 0 aliphatic carbocycles. The van der Waals surface area contributed by atoms with Crippen molar-refractivity contribution < 1.29 is 4.74 Å². The van der Waals surface area contributed by atoms with Crippen molar-refractivity contribution in [2.75, 3.05) is 0 Å². The molecule has 106 valence electrons. The first kappa shape index (κ1) is 13.6. The lowest BCUT2D eigenvalue weighted by Gasteiger charge is -2.31. The lowest BCUT2D eigenvalue weighted by molar-refractivity contribution is 0.109. The molecule has 2 heterocycles. The fourth-order valence-electron chi connectivity index (χ4n) is 2.43. The Labute approximate surface area is 123 Å². The van der Waals surface area contributed by atoms with Crippen molar-refractivity contribution in [1.82, 2.24) is 4.98 Å². The summed E-state index contributed by atoms with van der Waals surface area (Å²) >= 11 is 1.68. The SMILES string of the molecule is CC(C)C(N)c1nc2c(s1)C(C)(C)Oc1ccccc1-2. The van der Waals surface area contributed by atoms with E-state index in [1.165, 1.54) is 4.88 Å². The van der Waals surface area contributed by atoms with Crippen LogP contribution in [0.1, 0.15) is 43.6 Å². The number of hydrogen-bond donors (Lipinski definition) is 1. The molecule has 1 aliphatic rings. The van der Waals surface area contributed by atoms with Crippen LogP contribution in [-0.2, 0) is 5.60 Å². The third-order valence-corrected chi connectivity index (χ3v) is 5.16. The van der Waals surface area contributed by atoms with Gasteiger partial charge in [0, 0.05) is 5.56 Å². The van der Waals surface area contributed by atoms with Crippen LogP contribution < -0.4 is 10.5 Å². The standard InChI is InChI=1S/C16H20N2OS/c1-9(2)12(17)15-18-13-10-7-5-6-8-11(10)19-16(3,4)14(13)20-15/h5-9,12H,17H2,1-4H3. The molecule has 0 saturated carbocycles. The maximum absolute atomic E-state index is 6.27. The number of thiazole rings is 1. The van der Waals surface area contributed by atoms with E-state index in [9.17, 15) is 0 Å². The lowest BCUT2D eigenvalue weighted by atomic mass is 9.97. The van der Waals surface area contributed by atoms with Gasteiger partial charge in [0.25, 0.3) is 0 Å².